The molecule has 1 saturated heterocycles. The van der Waals surface area contributed by atoms with Gasteiger partial charge in [-0.1, -0.05) is 6.07 Å². The van der Waals surface area contributed by atoms with Crippen molar-refractivity contribution in [2.45, 2.75) is 6.92 Å². The van der Waals surface area contributed by atoms with Gasteiger partial charge in [-0.05, 0) is 24.6 Å². The zero-order valence-electron chi connectivity index (χ0n) is 18.7. The molecule has 1 aliphatic heterocycles. The Morgan fingerprint density at radius 1 is 1.00 bits per heavy atom. The van der Waals surface area contributed by atoms with E-state index < -0.39 is 0 Å². The van der Waals surface area contributed by atoms with Crippen LogP contribution in [0.25, 0.3) is 22.6 Å². The van der Waals surface area contributed by atoms with E-state index in [4.69, 9.17) is 14.6 Å². The summed E-state index contributed by atoms with van der Waals surface area (Å²) in [7, 11) is 5.52. The van der Waals surface area contributed by atoms with Gasteiger partial charge in [0.05, 0.1) is 32.0 Å². The van der Waals surface area contributed by atoms with E-state index in [1.165, 1.54) is 0 Å². The van der Waals surface area contributed by atoms with Crippen molar-refractivity contribution in [1.82, 2.24) is 34.4 Å². The Morgan fingerprint density at radius 3 is 2.53 bits per heavy atom. The third-order valence-electron chi connectivity index (χ3n) is 5.68. The quantitative estimate of drug-likeness (QED) is 0.473. The van der Waals surface area contributed by atoms with Crippen LogP contribution in [0.5, 0.6) is 11.5 Å². The molecule has 0 spiro atoms. The summed E-state index contributed by atoms with van der Waals surface area (Å²) in [6.07, 6.45) is 5.36. The van der Waals surface area contributed by atoms with E-state index in [0.717, 1.165) is 71.6 Å². The van der Waals surface area contributed by atoms with E-state index in [9.17, 15) is 0 Å². The van der Waals surface area contributed by atoms with Gasteiger partial charge in [-0.25, -0.2) is 15.0 Å². The molecule has 4 heterocycles. The maximum absolute atomic E-state index is 6.11. The molecule has 5 rings (SSSR count). The standard InChI is InChI=1S/C22H26N8O2/c1-15-5-6-17(18(11-15)31-4)32-30-9-7-29(8-10-30)22-19-21(23-14-24-22)28(3)20(26-19)16-12-25-27(2)13-16/h5-6,11-14H,7-10H2,1-4H3. The average Bonchev–Trinajstić information content (AvgIpc) is 3.38. The highest BCUT2D eigenvalue weighted by atomic mass is 16.7. The van der Waals surface area contributed by atoms with Gasteiger partial charge in [-0.2, -0.15) is 5.10 Å². The van der Waals surface area contributed by atoms with Crippen molar-refractivity contribution in [2.24, 2.45) is 14.1 Å². The number of piperazine rings is 1. The van der Waals surface area contributed by atoms with E-state index in [-0.39, 0.29) is 0 Å². The van der Waals surface area contributed by atoms with Gasteiger partial charge in [0.15, 0.2) is 28.5 Å². The minimum atomic E-state index is 0.724. The van der Waals surface area contributed by atoms with Crippen LogP contribution >= 0.6 is 0 Å². The molecule has 10 heteroatoms. The molecule has 3 aromatic heterocycles. The van der Waals surface area contributed by atoms with Crippen LogP contribution in [0, 0.1) is 6.92 Å². The highest BCUT2D eigenvalue weighted by Crippen LogP contribution is 2.30. The van der Waals surface area contributed by atoms with Crippen molar-refractivity contribution >= 4 is 17.0 Å². The molecule has 0 bridgehead atoms. The summed E-state index contributed by atoms with van der Waals surface area (Å²) in [5, 5.41) is 6.22. The van der Waals surface area contributed by atoms with Gasteiger partial charge >= 0.3 is 0 Å². The number of hydroxylamine groups is 2. The summed E-state index contributed by atoms with van der Waals surface area (Å²) in [5.74, 6) is 3.12. The van der Waals surface area contributed by atoms with E-state index in [0.29, 0.717) is 0 Å². The van der Waals surface area contributed by atoms with Gasteiger partial charge in [-0.15, -0.1) is 5.06 Å². The minimum Gasteiger partial charge on any atom is -0.493 e. The molecule has 0 N–H and O–H groups in total. The van der Waals surface area contributed by atoms with Crippen LogP contribution in [0.15, 0.2) is 36.9 Å². The zero-order valence-corrected chi connectivity index (χ0v) is 18.7. The van der Waals surface area contributed by atoms with Gasteiger partial charge in [0, 0.05) is 33.4 Å². The fourth-order valence-electron chi connectivity index (χ4n) is 3.99. The van der Waals surface area contributed by atoms with Gasteiger partial charge in [-0.3, -0.25) is 4.68 Å². The molecule has 0 aliphatic carbocycles. The van der Waals surface area contributed by atoms with E-state index in [1.807, 2.05) is 61.2 Å². The number of aryl methyl sites for hydroxylation is 3. The van der Waals surface area contributed by atoms with Gasteiger partial charge in [0.1, 0.15) is 12.2 Å². The first-order valence-corrected chi connectivity index (χ1v) is 10.5. The third-order valence-corrected chi connectivity index (χ3v) is 5.68. The molecule has 166 valence electrons. The molecule has 0 radical (unpaired) electrons. The first-order valence-electron chi connectivity index (χ1n) is 10.5. The largest absolute Gasteiger partial charge is 0.493 e. The summed E-state index contributed by atoms with van der Waals surface area (Å²) >= 11 is 0. The second kappa shape index (κ2) is 8.12. The smallest absolute Gasteiger partial charge is 0.189 e. The molecule has 4 aromatic rings. The Bertz CT molecular complexity index is 1260. The van der Waals surface area contributed by atoms with Crippen molar-refractivity contribution in [2.75, 3.05) is 38.2 Å². The van der Waals surface area contributed by atoms with Crippen LogP contribution in [0.2, 0.25) is 0 Å². The number of methoxy groups -OCH3 is 1. The van der Waals surface area contributed by atoms with Crippen LogP contribution < -0.4 is 14.5 Å². The second-order valence-electron chi connectivity index (χ2n) is 7.93. The third kappa shape index (κ3) is 3.62. The number of aromatic nitrogens is 6. The number of benzene rings is 1. The molecule has 0 saturated carbocycles. The number of rotatable bonds is 5. The van der Waals surface area contributed by atoms with Crippen molar-refractivity contribution < 1.29 is 9.57 Å². The highest BCUT2D eigenvalue weighted by molar-refractivity contribution is 5.86. The van der Waals surface area contributed by atoms with Gasteiger partial charge in [0.25, 0.3) is 0 Å². The first-order chi connectivity index (χ1) is 15.5. The predicted molar refractivity (Wildman–Crippen MR) is 121 cm³/mol. The molecule has 0 amide bonds. The summed E-state index contributed by atoms with van der Waals surface area (Å²) in [6, 6.07) is 5.94. The lowest BCUT2D eigenvalue weighted by Crippen LogP contribution is -2.48. The van der Waals surface area contributed by atoms with E-state index >= 15 is 0 Å². The number of imidazole rings is 1. The fraction of sp³-hybridized carbons (Fsp3) is 0.364. The Hall–Kier alpha value is -3.66. The maximum Gasteiger partial charge on any atom is 0.189 e. The first kappa shape index (κ1) is 20.3. The van der Waals surface area contributed by atoms with Crippen LogP contribution in [-0.2, 0) is 14.1 Å². The second-order valence-corrected chi connectivity index (χ2v) is 7.93. The van der Waals surface area contributed by atoms with Crippen LogP contribution in [0.3, 0.4) is 0 Å². The number of hydrogen-bond acceptors (Lipinski definition) is 8. The Kier molecular flexibility index (Phi) is 5.14. The lowest BCUT2D eigenvalue weighted by atomic mass is 10.2. The summed E-state index contributed by atoms with van der Waals surface area (Å²) in [5.41, 5.74) is 3.68. The predicted octanol–water partition coefficient (Wildman–Crippen LogP) is 2.20. The Balaban J connectivity index is 1.35. The number of ether oxygens (including phenoxy) is 1. The maximum atomic E-state index is 6.11. The molecular weight excluding hydrogens is 408 g/mol. The monoisotopic (exact) mass is 434 g/mol. The molecule has 0 atom stereocenters. The molecule has 32 heavy (non-hydrogen) atoms. The SMILES string of the molecule is COc1cc(C)ccc1ON1CCN(c2ncnc3c2nc(-c2cnn(C)c2)n3C)CC1. The molecular formula is C22H26N8O2. The Labute approximate surface area is 186 Å². The lowest BCUT2D eigenvalue weighted by Gasteiger charge is -2.34. The number of anilines is 1. The Morgan fingerprint density at radius 2 is 1.81 bits per heavy atom. The van der Waals surface area contributed by atoms with Crippen molar-refractivity contribution in [3.8, 4) is 22.9 Å². The van der Waals surface area contributed by atoms with Crippen LogP contribution in [0.4, 0.5) is 5.82 Å². The van der Waals surface area contributed by atoms with Gasteiger partial charge < -0.3 is 19.0 Å². The molecule has 0 unspecified atom stereocenters. The molecule has 1 aliphatic rings. The average molecular weight is 435 g/mol. The summed E-state index contributed by atoms with van der Waals surface area (Å²) in [6.45, 7) is 5.01. The summed E-state index contributed by atoms with van der Waals surface area (Å²) in [4.78, 5) is 22.3. The topological polar surface area (TPSA) is 86.4 Å². The van der Waals surface area contributed by atoms with E-state index in [1.54, 1.807) is 18.1 Å². The molecule has 10 nitrogen and oxygen atoms in total. The highest BCUT2D eigenvalue weighted by Gasteiger charge is 2.24. The van der Waals surface area contributed by atoms with Crippen LogP contribution in [-0.4, -0.2) is 67.7 Å². The zero-order chi connectivity index (χ0) is 22.2. The minimum absolute atomic E-state index is 0.724. The molecule has 1 fully saturated rings. The van der Waals surface area contributed by atoms with E-state index in [2.05, 4.69) is 20.0 Å². The van der Waals surface area contributed by atoms with Crippen molar-refractivity contribution in [3.63, 3.8) is 0 Å². The van der Waals surface area contributed by atoms with Gasteiger partial charge in [0.2, 0.25) is 0 Å². The molecule has 1 aromatic carbocycles. The normalized spacial score (nSPS) is 14.8. The van der Waals surface area contributed by atoms with Crippen molar-refractivity contribution in [1.29, 1.82) is 0 Å². The fourth-order valence-corrected chi connectivity index (χ4v) is 3.99. The summed E-state index contributed by atoms with van der Waals surface area (Å²) < 4.78 is 9.22. The number of nitrogens with zero attached hydrogens (tertiary/aromatic N) is 8. The van der Waals surface area contributed by atoms with Crippen molar-refractivity contribution in [3.05, 3.63) is 42.5 Å². The van der Waals surface area contributed by atoms with Crippen LogP contribution in [0.1, 0.15) is 5.56 Å². The number of hydrogen-bond donors (Lipinski definition) is 0. The number of fused-ring (bicyclic) bond motifs is 1. The lowest BCUT2D eigenvalue weighted by molar-refractivity contribution is -0.0637.